The van der Waals surface area contributed by atoms with Gasteiger partial charge in [-0.25, -0.2) is 0 Å². The number of Topliss-reactive ketones (excluding diaryl/α,β-unsaturated/α-hetero) is 1. The first-order chi connectivity index (χ1) is 6.13. The van der Waals surface area contributed by atoms with Crippen LogP contribution in [0.5, 0.6) is 5.75 Å². The zero-order valence-electron chi connectivity index (χ0n) is 6.62. The highest BCUT2D eigenvalue weighted by Crippen LogP contribution is 2.21. The number of aromatic hydroxyl groups is 1. The number of rotatable bonds is 2. The molecule has 0 aromatic heterocycles. The third-order valence-corrected chi connectivity index (χ3v) is 1.86. The smallest absolute Gasteiger partial charge is 0.236 e. The van der Waals surface area contributed by atoms with Crippen LogP contribution in [0.25, 0.3) is 0 Å². The summed E-state index contributed by atoms with van der Waals surface area (Å²) in [4.78, 5) is 10.7. The first-order valence-electron chi connectivity index (χ1n) is 3.54. The molecule has 0 saturated carbocycles. The molecule has 1 rings (SSSR count). The van der Waals surface area contributed by atoms with Gasteiger partial charge in [-0.2, -0.15) is 5.26 Å². The summed E-state index contributed by atoms with van der Waals surface area (Å²) in [5.74, 6) is -0.509. The lowest BCUT2D eigenvalue weighted by atomic mass is 10.1. The molecule has 0 atom stereocenters. The average Bonchev–Trinajstić information content (AvgIpc) is 2.09. The van der Waals surface area contributed by atoms with E-state index in [0.717, 1.165) is 0 Å². The highest BCUT2D eigenvalue weighted by Gasteiger charge is 2.06. The maximum Gasteiger partial charge on any atom is 0.236 e. The van der Waals surface area contributed by atoms with Gasteiger partial charge < -0.3 is 5.11 Å². The van der Waals surface area contributed by atoms with E-state index in [1.165, 1.54) is 24.3 Å². The fourth-order valence-corrected chi connectivity index (χ4v) is 1.13. The fraction of sp³-hybridized carbons (Fsp3) is 0.111. The van der Waals surface area contributed by atoms with Crippen LogP contribution >= 0.6 is 11.6 Å². The molecule has 1 N–H and O–H groups in total. The molecule has 0 unspecified atom stereocenters. The van der Waals surface area contributed by atoms with Gasteiger partial charge in [-0.15, -0.1) is 0 Å². The molecule has 0 spiro atoms. The topological polar surface area (TPSA) is 61.1 Å². The van der Waals surface area contributed by atoms with E-state index >= 15 is 0 Å². The lowest BCUT2D eigenvalue weighted by molar-refractivity contribution is -0.113. The summed E-state index contributed by atoms with van der Waals surface area (Å²) in [7, 11) is 0. The minimum Gasteiger partial charge on any atom is -0.508 e. The molecule has 3 nitrogen and oxygen atoms in total. The Hall–Kier alpha value is -1.53. The van der Waals surface area contributed by atoms with Crippen molar-refractivity contribution in [2.24, 2.45) is 0 Å². The molecule has 0 bridgehead atoms. The quantitative estimate of drug-likeness (QED) is 0.731. The van der Waals surface area contributed by atoms with Gasteiger partial charge in [-0.05, 0) is 17.7 Å². The Morgan fingerprint density at radius 3 is 2.85 bits per heavy atom. The maximum absolute atomic E-state index is 10.7. The van der Waals surface area contributed by atoms with Crippen LogP contribution in [0.4, 0.5) is 0 Å². The van der Waals surface area contributed by atoms with Gasteiger partial charge in [0, 0.05) is 11.4 Å². The summed E-state index contributed by atoms with van der Waals surface area (Å²) in [6.45, 7) is 0. The Morgan fingerprint density at radius 1 is 1.62 bits per heavy atom. The highest BCUT2D eigenvalue weighted by atomic mass is 35.5. The van der Waals surface area contributed by atoms with E-state index in [2.05, 4.69) is 0 Å². The number of nitrogens with zero attached hydrogens (tertiary/aromatic N) is 1. The number of hydrogen-bond donors (Lipinski definition) is 1. The number of benzene rings is 1. The van der Waals surface area contributed by atoms with Crippen LogP contribution in [0.1, 0.15) is 5.56 Å². The van der Waals surface area contributed by atoms with Crippen LogP contribution in [0, 0.1) is 11.3 Å². The molecule has 0 fully saturated rings. The molecule has 1 aromatic carbocycles. The lowest BCUT2D eigenvalue weighted by Crippen LogP contribution is -1.98. The van der Waals surface area contributed by atoms with Crippen molar-refractivity contribution in [3.63, 3.8) is 0 Å². The van der Waals surface area contributed by atoms with Gasteiger partial charge in [0.2, 0.25) is 5.78 Å². The van der Waals surface area contributed by atoms with Crippen LogP contribution in [-0.4, -0.2) is 10.9 Å². The number of phenols is 1. The molecule has 1 aromatic rings. The number of nitriles is 1. The monoisotopic (exact) mass is 195 g/mol. The summed E-state index contributed by atoms with van der Waals surface area (Å²) in [6.07, 6.45) is -0.0182. The molecule has 0 amide bonds. The molecule has 66 valence electrons. The number of hydrogen-bond acceptors (Lipinski definition) is 3. The third-order valence-electron chi connectivity index (χ3n) is 1.51. The first kappa shape index (κ1) is 9.56. The van der Waals surface area contributed by atoms with Crippen LogP contribution in [0.15, 0.2) is 18.2 Å². The molecule has 13 heavy (non-hydrogen) atoms. The number of phenolic OH excluding ortho intramolecular Hbond substituents is 1. The van der Waals surface area contributed by atoms with E-state index in [1.54, 1.807) is 0 Å². The lowest BCUT2D eigenvalue weighted by Gasteiger charge is -2.00. The van der Waals surface area contributed by atoms with Crippen molar-refractivity contribution in [2.75, 3.05) is 0 Å². The molecule has 0 aliphatic rings. The van der Waals surface area contributed by atoms with Gasteiger partial charge in [-0.3, -0.25) is 4.79 Å². The van der Waals surface area contributed by atoms with E-state index in [9.17, 15) is 4.79 Å². The summed E-state index contributed by atoms with van der Waals surface area (Å²) in [5, 5.41) is 17.5. The number of carbonyl (C=O) groups excluding carboxylic acids is 1. The Kier molecular flexibility index (Phi) is 2.88. The van der Waals surface area contributed by atoms with Gasteiger partial charge in [0.15, 0.2) is 0 Å². The van der Waals surface area contributed by atoms with Gasteiger partial charge in [0.1, 0.15) is 11.8 Å². The summed E-state index contributed by atoms with van der Waals surface area (Å²) >= 11 is 5.71. The van der Waals surface area contributed by atoms with Gasteiger partial charge in [0.25, 0.3) is 0 Å². The second-order valence-corrected chi connectivity index (χ2v) is 2.89. The van der Waals surface area contributed by atoms with Gasteiger partial charge in [-0.1, -0.05) is 17.7 Å². The average molecular weight is 196 g/mol. The standard InChI is InChI=1S/C9H6ClNO2/c10-9-4-7(12)2-1-6(9)3-8(13)5-11/h1-2,4,12H,3H2. The molecular weight excluding hydrogens is 190 g/mol. The largest absolute Gasteiger partial charge is 0.508 e. The summed E-state index contributed by atoms with van der Waals surface area (Å²) in [6, 6.07) is 5.77. The van der Waals surface area contributed by atoms with E-state index in [1.807, 2.05) is 0 Å². The predicted molar refractivity (Wildman–Crippen MR) is 47.4 cm³/mol. The van der Waals surface area contributed by atoms with Crippen molar-refractivity contribution >= 4 is 17.4 Å². The third kappa shape index (κ3) is 2.46. The van der Waals surface area contributed by atoms with Crippen LogP contribution in [0.3, 0.4) is 0 Å². The minimum atomic E-state index is -0.549. The highest BCUT2D eigenvalue weighted by molar-refractivity contribution is 6.31. The zero-order valence-corrected chi connectivity index (χ0v) is 7.38. The van der Waals surface area contributed by atoms with Crippen molar-refractivity contribution in [1.29, 1.82) is 5.26 Å². The Bertz CT molecular complexity index is 382. The molecule has 4 heteroatoms. The number of ketones is 1. The first-order valence-corrected chi connectivity index (χ1v) is 3.91. The van der Waals surface area contributed by atoms with Crippen molar-refractivity contribution < 1.29 is 9.90 Å². The van der Waals surface area contributed by atoms with E-state index in [-0.39, 0.29) is 12.2 Å². The van der Waals surface area contributed by atoms with Crippen molar-refractivity contribution in [2.45, 2.75) is 6.42 Å². The Balaban J connectivity index is 2.91. The van der Waals surface area contributed by atoms with Crippen LogP contribution < -0.4 is 0 Å². The van der Waals surface area contributed by atoms with E-state index in [0.29, 0.717) is 10.6 Å². The molecular formula is C9H6ClNO2. The molecule has 0 aliphatic carbocycles. The molecule has 0 radical (unpaired) electrons. The summed E-state index contributed by atoms with van der Waals surface area (Å²) < 4.78 is 0. The Morgan fingerprint density at radius 2 is 2.31 bits per heavy atom. The predicted octanol–water partition coefficient (Wildman–Crippen LogP) is 1.68. The van der Waals surface area contributed by atoms with Crippen molar-refractivity contribution in [3.05, 3.63) is 28.8 Å². The molecule has 0 aliphatic heterocycles. The van der Waals surface area contributed by atoms with Crippen LogP contribution in [0.2, 0.25) is 5.02 Å². The normalized spacial score (nSPS) is 9.23. The summed E-state index contributed by atoms with van der Waals surface area (Å²) in [5.41, 5.74) is 0.547. The van der Waals surface area contributed by atoms with Gasteiger partial charge >= 0.3 is 0 Å². The van der Waals surface area contributed by atoms with E-state index < -0.39 is 5.78 Å². The Labute approximate surface area is 80.2 Å². The van der Waals surface area contributed by atoms with Gasteiger partial charge in [0.05, 0.1) is 0 Å². The SMILES string of the molecule is N#CC(=O)Cc1ccc(O)cc1Cl. The molecule has 0 saturated heterocycles. The number of carbonyl (C=O) groups is 1. The van der Waals surface area contributed by atoms with Crippen molar-refractivity contribution in [1.82, 2.24) is 0 Å². The number of halogens is 1. The van der Waals surface area contributed by atoms with Crippen LogP contribution in [-0.2, 0) is 11.2 Å². The minimum absolute atomic E-state index is 0.0182. The maximum atomic E-state index is 10.7. The molecule has 0 heterocycles. The van der Waals surface area contributed by atoms with E-state index in [4.69, 9.17) is 22.0 Å². The van der Waals surface area contributed by atoms with Crippen molar-refractivity contribution in [3.8, 4) is 11.8 Å². The second kappa shape index (κ2) is 3.92. The zero-order chi connectivity index (χ0) is 9.84. The second-order valence-electron chi connectivity index (χ2n) is 2.49. The fourth-order valence-electron chi connectivity index (χ4n) is 0.892.